The Bertz CT molecular complexity index is 468. The molecule has 1 aromatic carbocycles. The number of amides is 1. The molecule has 0 unspecified atom stereocenters. The number of nitrogens with zero attached hydrogens (tertiary/aromatic N) is 1. The van der Waals surface area contributed by atoms with Crippen LogP contribution < -0.4 is 11.3 Å². The molecular formula is C15H23N3O2. The number of nitrogens with one attached hydrogen (secondary N) is 1. The quantitative estimate of drug-likeness (QED) is 0.650. The van der Waals surface area contributed by atoms with Crippen molar-refractivity contribution in [2.75, 3.05) is 32.2 Å². The molecule has 1 heterocycles. The first-order valence-electron chi connectivity index (χ1n) is 7.01. The van der Waals surface area contributed by atoms with Crippen molar-refractivity contribution in [3.63, 3.8) is 0 Å². The molecule has 2 rings (SSSR count). The van der Waals surface area contributed by atoms with Gasteiger partial charge in [0.25, 0.3) is 5.91 Å². The summed E-state index contributed by atoms with van der Waals surface area (Å²) in [6, 6.07) is 5.67. The van der Waals surface area contributed by atoms with E-state index in [1.165, 1.54) is 0 Å². The third-order valence-corrected chi connectivity index (χ3v) is 3.87. The van der Waals surface area contributed by atoms with Crippen molar-refractivity contribution in [2.45, 2.75) is 19.8 Å². The van der Waals surface area contributed by atoms with Crippen molar-refractivity contribution in [1.29, 1.82) is 0 Å². The molecule has 5 nitrogen and oxygen atoms in total. The number of carbonyl (C=O) groups is 1. The van der Waals surface area contributed by atoms with Gasteiger partial charge in [0, 0.05) is 26.8 Å². The van der Waals surface area contributed by atoms with Gasteiger partial charge in [-0.3, -0.25) is 10.6 Å². The van der Waals surface area contributed by atoms with E-state index in [1.807, 2.05) is 30.0 Å². The Morgan fingerprint density at radius 1 is 1.45 bits per heavy atom. The largest absolute Gasteiger partial charge is 0.384 e. The maximum absolute atomic E-state index is 12.6. The summed E-state index contributed by atoms with van der Waals surface area (Å²) >= 11 is 0. The third-order valence-electron chi connectivity index (χ3n) is 3.87. The lowest BCUT2D eigenvalue weighted by Crippen LogP contribution is -2.39. The Labute approximate surface area is 120 Å². The van der Waals surface area contributed by atoms with E-state index < -0.39 is 0 Å². The molecule has 1 aromatic rings. The molecule has 1 saturated heterocycles. The van der Waals surface area contributed by atoms with Crippen LogP contribution in [-0.4, -0.2) is 37.6 Å². The molecule has 0 radical (unpaired) electrons. The number of hydrogen-bond donors (Lipinski definition) is 2. The Morgan fingerprint density at radius 3 is 2.75 bits per heavy atom. The molecular weight excluding hydrogens is 254 g/mol. The zero-order valence-corrected chi connectivity index (χ0v) is 12.2. The number of anilines is 1. The average Bonchev–Trinajstić information content (AvgIpc) is 2.47. The molecule has 5 heteroatoms. The van der Waals surface area contributed by atoms with E-state index in [0.717, 1.165) is 38.1 Å². The number of carbonyl (C=O) groups excluding carboxylic acids is 1. The summed E-state index contributed by atoms with van der Waals surface area (Å²) in [5.41, 5.74) is 5.03. The number of piperidine rings is 1. The van der Waals surface area contributed by atoms with Crippen LogP contribution in [0, 0.1) is 12.8 Å². The van der Waals surface area contributed by atoms with E-state index >= 15 is 0 Å². The van der Waals surface area contributed by atoms with Gasteiger partial charge >= 0.3 is 0 Å². The molecule has 1 aliphatic heterocycles. The summed E-state index contributed by atoms with van der Waals surface area (Å²) in [4.78, 5) is 14.5. The van der Waals surface area contributed by atoms with Gasteiger partial charge in [0.05, 0.1) is 11.3 Å². The van der Waals surface area contributed by atoms with E-state index in [0.29, 0.717) is 17.2 Å². The highest BCUT2D eigenvalue weighted by atomic mass is 16.5. The predicted octanol–water partition coefficient (Wildman–Crippen LogP) is 1.78. The van der Waals surface area contributed by atoms with E-state index in [9.17, 15) is 4.79 Å². The van der Waals surface area contributed by atoms with Gasteiger partial charge in [-0.2, -0.15) is 0 Å². The second kappa shape index (κ2) is 6.72. The van der Waals surface area contributed by atoms with Crippen LogP contribution in [0.25, 0.3) is 0 Å². The summed E-state index contributed by atoms with van der Waals surface area (Å²) in [6.45, 7) is 4.32. The minimum Gasteiger partial charge on any atom is -0.384 e. The molecule has 1 amide bonds. The van der Waals surface area contributed by atoms with Gasteiger partial charge in [-0.15, -0.1) is 0 Å². The second-order valence-corrected chi connectivity index (χ2v) is 5.38. The molecule has 0 saturated carbocycles. The first-order chi connectivity index (χ1) is 9.65. The molecule has 1 fully saturated rings. The number of benzene rings is 1. The van der Waals surface area contributed by atoms with Crippen LogP contribution in [-0.2, 0) is 4.74 Å². The fourth-order valence-electron chi connectivity index (χ4n) is 2.67. The molecule has 0 spiro atoms. The van der Waals surface area contributed by atoms with Gasteiger partial charge in [0.15, 0.2) is 0 Å². The Kier molecular flexibility index (Phi) is 4.98. The molecule has 0 aromatic heterocycles. The van der Waals surface area contributed by atoms with Crippen molar-refractivity contribution in [1.82, 2.24) is 4.90 Å². The van der Waals surface area contributed by atoms with Gasteiger partial charge in [0.2, 0.25) is 0 Å². The van der Waals surface area contributed by atoms with Gasteiger partial charge in [0.1, 0.15) is 0 Å². The molecule has 110 valence electrons. The van der Waals surface area contributed by atoms with E-state index in [2.05, 4.69) is 5.43 Å². The maximum atomic E-state index is 12.6. The fraction of sp³-hybridized carbons (Fsp3) is 0.533. The average molecular weight is 277 g/mol. The fourth-order valence-corrected chi connectivity index (χ4v) is 2.67. The number of nitrogen functional groups attached to an aromatic ring is 1. The number of ether oxygens (including phenoxy) is 1. The van der Waals surface area contributed by atoms with Crippen molar-refractivity contribution < 1.29 is 9.53 Å². The van der Waals surface area contributed by atoms with Crippen molar-refractivity contribution in [2.24, 2.45) is 11.8 Å². The van der Waals surface area contributed by atoms with Gasteiger partial charge in [-0.1, -0.05) is 6.07 Å². The van der Waals surface area contributed by atoms with Gasteiger partial charge in [-0.25, -0.2) is 0 Å². The second-order valence-electron chi connectivity index (χ2n) is 5.38. The van der Waals surface area contributed by atoms with Crippen LogP contribution in [0.5, 0.6) is 0 Å². The van der Waals surface area contributed by atoms with E-state index in [-0.39, 0.29) is 5.91 Å². The topological polar surface area (TPSA) is 67.6 Å². The molecule has 1 aliphatic rings. The number of hydrazine groups is 1. The maximum Gasteiger partial charge on any atom is 0.256 e. The van der Waals surface area contributed by atoms with E-state index in [4.69, 9.17) is 10.6 Å². The SMILES string of the molecule is COCC1CCN(C(=O)c2ccc(C)cc2NN)CC1. The van der Waals surface area contributed by atoms with Crippen molar-refractivity contribution in [3.8, 4) is 0 Å². The van der Waals surface area contributed by atoms with Crippen LogP contribution in [0.3, 0.4) is 0 Å². The molecule has 0 bridgehead atoms. The Balaban J connectivity index is 2.05. The highest BCUT2D eigenvalue weighted by Gasteiger charge is 2.24. The number of hydrogen-bond acceptors (Lipinski definition) is 4. The summed E-state index contributed by atoms with van der Waals surface area (Å²) in [5, 5.41) is 0. The normalized spacial score (nSPS) is 16.2. The van der Waals surface area contributed by atoms with Crippen LogP contribution in [0.15, 0.2) is 18.2 Å². The first kappa shape index (κ1) is 14.8. The smallest absolute Gasteiger partial charge is 0.256 e. The van der Waals surface area contributed by atoms with Crippen molar-refractivity contribution >= 4 is 11.6 Å². The van der Waals surface area contributed by atoms with Crippen LogP contribution in [0.4, 0.5) is 5.69 Å². The number of likely N-dealkylation sites (tertiary alicyclic amines) is 1. The lowest BCUT2D eigenvalue weighted by Gasteiger charge is -2.32. The van der Waals surface area contributed by atoms with Crippen molar-refractivity contribution in [3.05, 3.63) is 29.3 Å². The van der Waals surface area contributed by atoms with Gasteiger partial charge < -0.3 is 15.1 Å². The minimum absolute atomic E-state index is 0.0498. The van der Waals surface area contributed by atoms with Crippen LogP contribution in [0.2, 0.25) is 0 Å². The first-order valence-corrected chi connectivity index (χ1v) is 7.01. The number of nitrogens with two attached hydrogens (primary N) is 1. The predicted molar refractivity (Wildman–Crippen MR) is 79.5 cm³/mol. The lowest BCUT2D eigenvalue weighted by molar-refractivity contribution is 0.0614. The van der Waals surface area contributed by atoms with Crippen LogP contribution in [0.1, 0.15) is 28.8 Å². The van der Waals surface area contributed by atoms with E-state index in [1.54, 1.807) is 7.11 Å². The Hall–Kier alpha value is -1.59. The highest BCUT2D eigenvalue weighted by molar-refractivity contribution is 5.99. The highest BCUT2D eigenvalue weighted by Crippen LogP contribution is 2.23. The lowest BCUT2D eigenvalue weighted by atomic mass is 9.97. The summed E-state index contributed by atoms with van der Waals surface area (Å²) in [6.07, 6.45) is 1.99. The summed E-state index contributed by atoms with van der Waals surface area (Å²) < 4.78 is 5.18. The zero-order valence-electron chi connectivity index (χ0n) is 12.2. The molecule has 20 heavy (non-hydrogen) atoms. The monoisotopic (exact) mass is 277 g/mol. The molecule has 0 aliphatic carbocycles. The zero-order chi connectivity index (χ0) is 14.5. The van der Waals surface area contributed by atoms with Gasteiger partial charge in [-0.05, 0) is 43.4 Å². The number of rotatable bonds is 4. The molecule has 0 atom stereocenters. The van der Waals surface area contributed by atoms with Crippen LogP contribution >= 0.6 is 0 Å². The number of methoxy groups -OCH3 is 1. The minimum atomic E-state index is 0.0498. The number of aryl methyl sites for hydroxylation is 1. The summed E-state index contributed by atoms with van der Waals surface area (Å²) in [5.74, 6) is 6.13. The standard InChI is InChI=1S/C15H23N3O2/c1-11-3-4-13(14(9-11)17-16)15(19)18-7-5-12(6-8-18)10-20-2/h3-4,9,12,17H,5-8,10,16H2,1-2H3. The Morgan fingerprint density at radius 2 is 2.15 bits per heavy atom. The molecule has 3 N–H and O–H groups in total. The summed E-state index contributed by atoms with van der Waals surface area (Å²) in [7, 11) is 1.73. The third kappa shape index (κ3) is 3.29.